The standard InChI is InChI=1S/C28H39Cl2N3O5S/c1-5-8-18-31-28(35)24(6-2)32(20-21-22(29)13-11-14-23(21)30)27(34)17-12-19-33(39(4,36)37)25-15-9-10-16-26(25)38-7-3/h9-11,13-16,24H,5-8,12,17-20H2,1-4H3,(H,31,35)/t24-/m1/s1. The minimum Gasteiger partial charge on any atom is -0.492 e. The summed E-state index contributed by atoms with van der Waals surface area (Å²) in [5, 5.41) is 3.72. The lowest BCUT2D eigenvalue weighted by molar-refractivity contribution is -0.141. The average molecular weight is 601 g/mol. The molecular formula is C28H39Cl2N3O5S. The third kappa shape index (κ3) is 9.58. The van der Waals surface area contributed by atoms with Crippen molar-refractivity contribution in [3.8, 4) is 5.75 Å². The lowest BCUT2D eigenvalue weighted by Crippen LogP contribution is -2.49. The lowest BCUT2D eigenvalue weighted by atomic mass is 10.1. The fourth-order valence-corrected chi connectivity index (χ4v) is 5.69. The molecule has 0 aliphatic carbocycles. The second kappa shape index (κ2) is 15.9. The van der Waals surface area contributed by atoms with Gasteiger partial charge in [-0.2, -0.15) is 0 Å². The first-order valence-corrected chi connectivity index (χ1v) is 15.8. The van der Waals surface area contributed by atoms with E-state index in [0.717, 1.165) is 19.1 Å². The predicted octanol–water partition coefficient (Wildman–Crippen LogP) is 5.66. The second-order valence-electron chi connectivity index (χ2n) is 9.13. The topological polar surface area (TPSA) is 96.0 Å². The molecule has 11 heteroatoms. The van der Waals surface area contributed by atoms with Gasteiger partial charge in [0, 0.05) is 41.7 Å². The van der Waals surface area contributed by atoms with Gasteiger partial charge in [-0.3, -0.25) is 13.9 Å². The highest BCUT2D eigenvalue weighted by molar-refractivity contribution is 7.92. The summed E-state index contributed by atoms with van der Waals surface area (Å²) in [7, 11) is -3.65. The van der Waals surface area contributed by atoms with Gasteiger partial charge in [-0.25, -0.2) is 8.42 Å². The summed E-state index contributed by atoms with van der Waals surface area (Å²) in [5.74, 6) is -0.0950. The molecule has 0 spiro atoms. The SMILES string of the molecule is CCCCNC(=O)[C@@H](CC)N(Cc1c(Cl)cccc1Cl)C(=O)CCCN(c1ccccc1OCC)S(C)(=O)=O. The molecule has 0 aromatic heterocycles. The Morgan fingerprint density at radius 2 is 1.67 bits per heavy atom. The fraction of sp³-hybridized carbons (Fsp3) is 0.500. The Morgan fingerprint density at radius 3 is 2.26 bits per heavy atom. The van der Waals surface area contributed by atoms with Crippen LogP contribution in [0.25, 0.3) is 0 Å². The molecule has 0 radical (unpaired) electrons. The molecule has 0 saturated heterocycles. The van der Waals surface area contributed by atoms with Crippen molar-refractivity contribution >= 4 is 50.7 Å². The molecule has 0 aliphatic heterocycles. The highest BCUT2D eigenvalue weighted by Gasteiger charge is 2.30. The molecule has 2 rings (SSSR count). The van der Waals surface area contributed by atoms with Gasteiger partial charge in [0.2, 0.25) is 21.8 Å². The Labute approximate surface area is 242 Å². The number of benzene rings is 2. The normalized spacial score (nSPS) is 12.1. The number of carbonyl (C=O) groups is 2. The van der Waals surface area contributed by atoms with Crippen LogP contribution in [0.4, 0.5) is 5.69 Å². The van der Waals surface area contributed by atoms with Crippen molar-refractivity contribution in [1.29, 1.82) is 0 Å². The molecule has 2 aromatic carbocycles. The van der Waals surface area contributed by atoms with Gasteiger partial charge in [0.05, 0.1) is 18.6 Å². The molecule has 0 heterocycles. The highest BCUT2D eigenvalue weighted by atomic mass is 35.5. The van der Waals surface area contributed by atoms with E-state index >= 15 is 0 Å². The third-order valence-corrected chi connectivity index (χ3v) is 8.08. The number of rotatable bonds is 16. The minimum atomic E-state index is -3.65. The van der Waals surface area contributed by atoms with E-state index in [4.69, 9.17) is 27.9 Å². The zero-order valence-electron chi connectivity index (χ0n) is 23.1. The van der Waals surface area contributed by atoms with Gasteiger partial charge in [0.1, 0.15) is 11.8 Å². The smallest absolute Gasteiger partial charge is 0.242 e. The van der Waals surface area contributed by atoms with Crippen molar-refractivity contribution in [3.63, 3.8) is 0 Å². The van der Waals surface area contributed by atoms with Crippen molar-refractivity contribution in [3.05, 3.63) is 58.1 Å². The first-order valence-electron chi connectivity index (χ1n) is 13.2. The molecule has 0 bridgehead atoms. The highest BCUT2D eigenvalue weighted by Crippen LogP contribution is 2.31. The van der Waals surface area contributed by atoms with Crippen molar-refractivity contribution < 1.29 is 22.7 Å². The van der Waals surface area contributed by atoms with Crippen molar-refractivity contribution in [2.45, 2.75) is 65.5 Å². The zero-order chi connectivity index (χ0) is 29.0. The van der Waals surface area contributed by atoms with Crippen LogP contribution < -0.4 is 14.4 Å². The monoisotopic (exact) mass is 599 g/mol. The molecule has 8 nitrogen and oxygen atoms in total. The molecule has 2 amide bonds. The van der Waals surface area contributed by atoms with Gasteiger partial charge in [0.25, 0.3) is 0 Å². The maximum absolute atomic E-state index is 13.6. The van der Waals surface area contributed by atoms with Crippen LogP contribution in [-0.2, 0) is 26.2 Å². The number of anilines is 1. The van der Waals surface area contributed by atoms with Crippen LogP contribution in [0.5, 0.6) is 5.75 Å². The number of amides is 2. The van der Waals surface area contributed by atoms with Gasteiger partial charge < -0.3 is 15.0 Å². The van der Waals surface area contributed by atoms with E-state index in [9.17, 15) is 18.0 Å². The predicted molar refractivity (Wildman–Crippen MR) is 158 cm³/mol. The Kier molecular flexibility index (Phi) is 13.4. The Balaban J connectivity index is 2.29. The summed E-state index contributed by atoms with van der Waals surface area (Å²) in [6.07, 6.45) is 3.52. The van der Waals surface area contributed by atoms with Crippen LogP contribution in [0.2, 0.25) is 10.0 Å². The lowest BCUT2D eigenvalue weighted by Gasteiger charge is -2.31. The number of ether oxygens (including phenoxy) is 1. The van der Waals surface area contributed by atoms with Crippen LogP contribution in [-0.4, -0.2) is 57.1 Å². The zero-order valence-corrected chi connectivity index (χ0v) is 25.4. The van der Waals surface area contributed by atoms with Gasteiger partial charge >= 0.3 is 0 Å². The molecule has 39 heavy (non-hydrogen) atoms. The van der Waals surface area contributed by atoms with Gasteiger partial charge in [-0.15, -0.1) is 0 Å². The number of hydrogen-bond acceptors (Lipinski definition) is 5. The number of nitrogens with zero attached hydrogens (tertiary/aromatic N) is 2. The van der Waals surface area contributed by atoms with Gasteiger partial charge in [-0.1, -0.05) is 61.7 Å². The van der Waals surface area contributed by atoms with Gasteiger partial charge in [0.15, 0.2) is 0 Å². The number of halogens is 2. The number of nitrogens with one attached hydrogen (secondary N) is 1. The number of hydrogen-bond donors (Lipinski definition) is 1. The summed E-state index contributed by atoms with van der Waals surface area (Å²) in [6.45, 7) is 6.71. The van der Waals surface area contributed by atoms with Crippen molar-refractivity contribution in [2.24, 2.45) is 0 Å². The largest absolute Gasteiger partial charge is 0.492 e. The molecule has 1 N–H and O–H groups in total. The quantitative estimate of drug-likeness (QED) is 0.251. The summed E-state index contributed by atoms with van der Waals surface area (Å²) in [4.78, 5) is 28.2. The number of sulfonamides is 1. The van der Waals surface area contributed by atoms with E-state index in [2.05, 4.69) is 5.32 Å². The summed E-state index contributed by atoms with van der Waals surface area (Å²) in [5.41, 5.74) is 0.966. The van der Waals surface area contributed by atoms with E-state index in [0.29, 0.717) is 46.6 Å². The third-order valence-electron chi connectivity index (χ3n) is 6.19. The van der Waals surface area contributed by atoms with E-state index < -0.39 is 16.1 Å². The summed E-state index contributed by atoms with van der Waals surface area (Å²) < 4.78 is 32.2. The van der Waals surface area contributed by atoms with Crippen LogP contribution in [0, 0.1) is 0 Å². The van der Waals surface area contributed by atoms with Crippen LogP contribution in [0.1, 0.15) is 58.4 Å². The Morgan fingerprint density at radius 1 is 1.00 bits per heavy atom. The van der Waals surface area contributed by atoms with Gasteiger partial charge in [-0.05, 0) is 50.5 Å². The number of carbonyl (C=O) groups excluding carboxylic acids is 2. The fourth-order valence-electron chi connectivity index (χ4n) is 4.20. The van der Waals surface area contributed by atoms with Crippen molar-refractivity contribution in [1.82, 2.24) is 10.2 Å². The summed E-state index contributed by atoms with van der Waals surface area (Å²) >= 11 is 12.8. The maximum atomic E-state index is 13.6. The number of para-hydroxylation sites is 2. The van der Waals surface area contributed by atoms with E-state index in [1.54, 1.807) is 42.5 Å². The second-order valence-corrected chi connectivity index (χ2v) is 11.9. The molecule has 2 aromatic rings. The molecule has 0 unspecified atom stereocenters. The molecule has 0 saturated carbocycles. The van der Waals surface area contributed by atoms with Crippen molar-refractivity contribution in [2.75, 3.05) is 30.3 Å². The van der Waals surface area contributed by atoms with Crippen LogP contribution in [0.3, 0.4) is 0 Å². The maximum Gasteiger partial charge on any atom is 0.242 e. The molecule has 216 valence electrons. The minimum absolute atomic E-state index is 0.0175. The first-order chi connectivity index (χ1) is 18.5. The number of unbranched alkanes of at least 4 members (excludes halogenated alkanes) is 1. The van der Waals surface area contributed by atoms with E-state index in [1.165, 1.54) is 9.21 Å². The Bertz CT molecular complexity index is 1190. The van der Waals surface area contributed by atoms with E-state index in [-0.39, 0.29) is 37.7 Å². The van der Waals surface area contributed by atoms with Crippen LogP contribution in [0.15, 0.2) is 42.5 Å². The first kappa shape index (κ1) is 32.7. The summed E-state index contributed by atoms with van der Waals surface area (Å²) in [6, 6.07) is 11.3. The molecular weight excluding hydrogens is 561 g/mol. The van der Waals surface area contributed by atoms with Crippen LogP contribution >= 0.6 is 23.2 Å². The molecule has 0 fully saturated rings. The molecule has 0 aliphatic rings. The van der Waals surface area contributed by atoms with E-state index in [1.807, 2.05) is 20.8 Å². The Hall–Kier alpha value is -2.49. The average Bonchev–Trinajstić information content (AvgIpc) is 2.88. The molecule has 1 atom stereocenters.